The zero-order chi connectivity index (χ0) is 21.3. The third kappa shape index (κ3) is 4.33. The smallest absolute Gasteiger partial charge is 0.255 e. The second kappa shape index (κ2) is 8.47. The summed E-state index contributed by atoms with van der Waals surface area (Å²) in [5, 5.41) is 0. The molecule has 8 heteroatoms. The van der Waals surface area contributed by atoms with E-state index in [9.17, 15) is 13.6 Å². The van der Waals surface area contributed by atoms with E-state index in [4.69, 9.17) is 0 Å². The highest BCUT2D eigenvalue weighted by atomic mass is 19.2. The molecule has 1 aliphatic heterocycles. The molecule has 1 amide bonds. The number of hydrogen-bond acceptors (Lipinski definition) is 4. The van der Waals surface area contributed by atoms with Crippen molar-refractivity contribution in [3.8, 4) is 0 Å². The third-order valence-electron chi connectivity index (χ3n) is 5.31. The molecular weight excluding hydrogens is 388 g/mol. The van der Waals surface area contributed by atoms with Gasteiger partial charge in [0.15, 0.2) is 17.3 Å². The molecule has 0 spiro atoms. The van der Waals surface area contributed by atoms with E-state index in [0.29, 0.717) is 44.2 Å². The average Bonchev–Trinajstić information content (AvgIpc) is 3.12. The molecule has 0 bridgehead atoms. The summed E-state index contributed by atoms with van der Waals surface area (Å²) >= 11 is 0. The predicted octanol–water partition coefficient (Wildman–Crippen LogP) is 3.32. The van der Waals surface area contributed by atoms with Crippen molar-refractivity contribution in [3.63, 3.8) is 0 Å². The normalized spacial score (nSPS) is 15.3. The second-order valence-electron chi connectivity index (χ2n) is 8.17. The molecule has 1 saturated heterocycles. The van der Waals surface area contributed by atoms with Crippen LogP contribution in [0.15, 0.2) is 36.8 Å². The molecule has 1 aromatic carbocycles. The van der Waals surface area contributed by atoms with Crippen LogP contribution < -0.4 is 0 Å². The maximum atomic E-state index is 13.4. The number of amides is 1. The van der Waals surface area contributed by atoms with Crippen molar-refractivity contribution in [2.45, 2.75) is 26.9 Å². The highest BCUT2D eigenvalue weighted by Gasteiger charge is 2.23. The van der Waals surface area contributed by atoms with Crippen molar-refractivity contribution in [1.29, 1.82) is 0 Å². The van der Waals surface area contributed by atoms with Crippen LogP contribution in [0.3, 0.4) is 0 Å². The molecule has 0 radical (unpaired) electrons. The van der Waals surface area contributed by atoms with Crippen LogP contribution in [0.5, 0.6) is 0 Å². The van der Waals surface area contributed by atoms with Gasteiger partial charge in [0.2, 0.25) is 0 Å². The number of aromatic nitrogens is 3. The molecule has 0 unspecified atom stereocenters. The zero-order valence-electron chi connectivity index (χ0n) is 17.2. The minimum atomic E-state index is -0.839. The number of benzene rings is 1. The number of carbonyl (C=O) groups is 1. The van der Waals surface area contributed by atoms with Gasteiger partial charge in [-0.3, -0.25) is 9.69 Å². The van der Waals surface area contributed by atoms with Gasteiger partial charge in [-0.05, 0) is 29.7 Å². The molecule has 6 nitrogen and oxygen atoms in total. The van der Waals surface area contributed by atoms with Gasteiger partial charge in [-0.15, -0.1) is 0 Å². The fourth-order valence-electron chi connectivity index (χ4n) is 3.78. The number of hydrogen-bond donors (Lipinski definition) is 0. The van der Waals surface area contributed by atoms with Gasteiger partial charge in [-0.1, -0.05) is 19.9 Å². The molecule has 4 rings (SSSR count). The summed E-state index contributed by atoms with van der Waals surface area (Å²) in [5.74, 6) is -1.25. The van der Waals surface area contributed by atoms with Crippen molar-refractivity contribution in [2.24, 2.45) is 5.92 Å². The minimum Gasteiger partial charge on any atom is -0.336 e. The second-order valence-corrected chi connectivity index (χ2v) is 8.17. The minimum absolute atomic E-state index is 0.0599. The predicted molar refractivity (Wildman–Crippen MR) is 110 cm³/mol. The fraction of sp³-hybridized carbons (Fsp3) is 0.409. The van der Waals surface area contributed by atoms with E-state index >= 15 is 0 Å². The van der Waals surface area contributed by atoms with Gasteiger partial charge in [0.25, 0.3) is 5.91 Å². The first-order valence-electron chi connectivity index (χ1n) is 10.2. The number of carbonyl (C=O) groups excluding carboxylic acids is 1. The topological polar surface area (TPSA) is 54.3 Å². The number of halogens is 2. The van der Waals surface area contributed by atoms with Crippen LogP contribution in [0.25, 0.3) is 11.2 Å². The monoisotopic (exact) mass is 413 g/mol. The molecule has 1 aliphatic rings. The summed E-state index contributed by atoms with van der Waals surface area (Å²) in [4.78, 5) is 25.7. The number of imidazole rings is 1. The van der Waals surface area contributed by atoms with Crippen LogP contribution in [0.4, 0.5) is 8.78 Å². The molecule has 2 aromatic heterocycles. The van der Waals surface area contributed by atoms with Gasteiger partial charge in [-0.25, -0.2) is 18.7 Å². The quantitative estimate of drug-likeness (QED) is 0.644. The summed E-state index contributed by atoms with van der Waals surface area (Å²) in [7, 11) is 0. The standard InChI is InChI=1S/C22H25F2N5O/c1-15(2)12-29-14-26-20-10-17(11-25-21(20)29)22(30)28-7-5-27(6-8-28)13-16-3-4-18(23)19(24)9-16/h3-4,9-11,14-15H,5-8,12-13H2,1-2H3. The SMILES string of the molecule is CC(C)Cn1cnc2cc(C(=O)N3CCN(Cc4ccc(F)c(F)c4)CC3)cnc21. The van der Waals surface area contributed by atoms with E-state index in [1.54, 1.807) is 29.6 Å². The summed E-state index contributed by atoms with van der Waals surface area (Å²) < 4.78 is 28.5. The van der Waals surface area contributed by atoms with Crippen LogP contribution in [0.2, 0.25) is 0 Å². The van der Waals surface area contributed by atoms with E-state index in [-0.39, 0.29) is 5.91 Å². The maximum Gasteiger partial charge on any atom is 0.255 e. The summed E-state index contributed by atoms with van der Waals surface area (Å²) in [6.07, 6.45) is 3.39. The summed E-state index contributed by atoms with van der Waals surface area (Å²) in [5.41, 5.74) is 2.77. The van der Waals surface area contributed by atoms with Gasteiger partial charge in [0.05, 0.1) is 11.9 Å². The van der Waals surface area contributed by atoms with Crippen molar-refractivity contribution in [3.05, 3.63) is 59.6 Å². The lowest BCUT2D eigenvalue weighted by atomic mass is 10.1. The molecule has 1 fully saturated rings. The highest BCUT2D eigenvalue weighted by Crippen LogP contribution is 2.17. The Morgan fingerprint density at radius 3 is 2.53 bits per heavy atom. The Hall–Kier alpha value is -2.87. The number of rotatable bonds is 5. The van der Waals surface area contributed by atoms with Crippen LogP contribution in [-0.4, -0.2) is 56.4 Å². The molecule has 30 heavy (non-hydrogen) atoms. The van der Waals surface area contributed by atoms with Gasteiger partial charge in [0, 0.05) is 45.5 Å². The van der Waals surface area contributed by atoms with Gasteiger partial charge in [0.1, 0.15) is 5.52 Å². The lowest BCUT2D eigenvalue weighted by molar-refractivity contribution is 0.0628. The van der Waals surface area contributed by atoms with Crippen LogP contribution in [-0.2, 0) is 13.1 Å². The Labute approximate surface area is 174 Å². The zero-order valence-corrected chi connectivity index (χ0v) is 17.2. The average molecular weight is 413 g/mol. The Balaban J connectivity index is 1.38. The van der Waals surface area contributed by atoms with E-state index < -0.39 is 11.6 Å². The summed E-state index contributed by atoms with van der Waals surface area (Å²) in [6.45, 7) is 8.11. The van der Waals surface area contributed by atoms with Crippen molar-refractivity contribution in [1.82, 2.24) is 24.3 Å². The van der Waals surface area contributed by atoms with E-state index in [2.05, 4.69) is 28.7 Å². The Kier molecular flexibility index (Phi) is 5.76. The number of piperazine rings is 1. The van der Waals surface area contributed by atoms with E-state index in [1.807, 2.05) is 4.57 Å². The van der Waals surface area contributed by atoms with Crippen molar-refractivity contribution >= 4 is 17.1 Å². The van der Waals surface area contributed by atoms with Crippen LogP contribution in [0.1, 0.15) is 29.8 Å². The lowest BCUT2D eigenvalue weighted by Crippen LogP contribution is -2.48. The Bertz CT molecular complexity index is 1060. The van der Waals surface area contributed by atoms with E-state index in [0.717, 1.165) is 29.3 Å². The van der Waals surface area contributed by atoms with Crippen molar-refractivity contribution in [2.75, 3.05) is 26.2 Å². The summed E-state index contributed by atoms with van der Waals surface area (Å²) in [6, 6.07) is 5.77. The highest BCUT2D eigenvalue weighted by molar-refractivity contribution is 5.96. The maximum absolute atomic E-state index is 13.4. The first-order valence-corrected chi connectivity index (χ1v) is 10.2. The van der Waals surface area contributed by atoms with Gasteiger partial charge in [-0.2, -0.15) is 0 Å². The van der Waals surface area contributed by atoms with E-state index in [1.165, 1.54) is 6.07 Å². The number of nitrogens with zero attached hydrogens (tertiary/aromatic N) is 5. The first-order chi connectivity index (χ1) is 14.4. The van der Waals surface area contributed by atoms with Gasteiger partial charge >= 0.3 is 0 Å². The molecule has 0 N–H and O–H groups in total. The van der Waals surface area contributed by atoms with Crippen molar-refractivity contribution < 1.29 is 13.6 Å². The number of pyridine rings is 1. The van der Waals surface area contributed by atoms with Gasteiger partial charge < -0.3 is 9.47 Å². The lowest BCUT2D eigenvalue weighted by Gasteiger charge is -2.34. The first kappa shape index (κ1) is 20.4. The van der Waals surface area contributed by atoms with Crippen LogP contribution >= 0.6 is 0 Å². The fourth-order valence-corrected chi connectivity index (χ4v) is 3.78. The third-order valence-corrected chi connectivity index (χ3v) is 5.31. The molecular formula is C22H25F2N5O. The molecule has 158 valence electrons. The van der Waals surface area contributed by atoms with Crippen LogP contribution in [0, 0.1) is 17.6 Å². The molecule has 0 atom stereocenters. The molecule has 3 heterocycles. The molecule has 0 aliphatic carbocycles. The Morgan fingerprint density at radius 2 is 1.83 bits per heavy atom. The largest absolute Gasteiger partial charge is 0.336 e. The number of fused-ring (bicyclic) bond motifs is 1. The molecule has 3 aromatic rings. The molecule has 0 saturated carbocycles. The Morgan fingerprint density at radius 1 is 1.07 bits per heavy atom.